The highest BCUT2D eigenvalue weighted by atomic mass is 32.1. The van der Waals surface area contributed by atoms with Gasteiger partial charge in [0.05, 0.1) is 12.6 Å². The molecule has 0 bridgehead atoms. The van der Waals surface area contributed by atoms with E-state index in [9.17, 15) is 14.4 Å². The Morgan fingerprint density at radius 3 is 2.77 bits per heavy atom. The molecule has 0 radical (unpaired) electrons. The van der Waals surface area contributed by atoms with Crippen molar-refractivity contribution in [3.05, 3.63) is 62.1 Å². The smallest absolute Gasteiger partial charge is 0.331 e. The summed E-state index contributed by atoms with van der Waals surface area (Å²) in [5.74, 6) is 0.409. The number of nitrogens with zero attached hydrogens (tertiary/aromatic N) is 2. The Morgan fingerprint density at radius 1 is 1.23 bits per heavy atom. The normalized spacial score (nSPS) is 10.8. The molecule has 8 heteroatoms. The highest BCUT2D eigenvalue weighted by Gasteiger charge is 2.15. The van der Waals surface area contributed by atoms with Crippen LogP contribution in [0.15, 0.2) is 45.3 Å². The molecule has 136 valence electrons. The van der Waals surface area contributed by atoms with Gasteiger partial charge in [-0.15, -0.1) is 11.3 Å². The summed E-state index contributed by atoms with van der Waals surface area (Å²) < 4.78 is 8.13. The number of aromatic nitrogens is 2. The minimum atomic E-state index is -0.472. The van der Waals surface area contributed by atoms with Crippen molar-refractivity contribution in [3.63, 3.8) is 0 Å². The van der Waals surface area contributed by atoms with Crippen LogP contribution < -0.4 is 21.3 Å². The molecule has 2 aromatic heterocycles. The maximum Gasteiger partial charge on any atom is 0.331 e. The maximum atomic E-state index is 12.6. The lowest BCUT2D eigenvalue weighted by Gasteiger charge is -2.11. The van der Waals surface area contributed by atoms with E-state index >= 15 is 0 Å². The zero-order valence-electron chi connectivity index (χ0n) is 14.5. The summed E-state index contributed by atoms with van der Waals surface area (Å²) in [4.78, 5) is 37.2. The molecule has 0 saturated heterocycles. The van der Waals surface area contributed by atoms with Crippen LogP contribution in [0.5, 0.6) is 5.75 Å². The SMILES string of the molecule is CCn1c(=O)c2sccc2n(CC(=O)NCc2cccc(OC)c2)c1=O. The van der Waals surface area contributed by atoms with Crippen LogP contribution in [0.1, 0.15) is 12.5 Å². The van der Waals surface area contributed by atoms with Crippen molar-refractivity contribution in [1.82, 2.24) is 14.5 Å². The molecule has 7 nitrogen and oxygen atoms in total. The molecule has 0 fully saturated rings. The molecule has 1 aromatic carbocycles. The van der Waals surface area contributed by atoms with Crippen LogP contribution in [0.4, 0.5) is 0 Å². The number of amides is 1. The summed E-state index contributed by atoms with van der Waals surface area (Å²) in [6, 6.07) is 9.07. The van der Waals surface area contributed by atoms with Crippen molar-refractivity contribution in [3.8, 4) is 5.75 Å². The molecular formula is C18H19N3O4S. The average Bonchev–Trinajstić information content (AvgIpc) is 3.14. The zero-order chi connectivity index (χ0) is 18.7. The minimum absolute atomic E-state index is 0.143. The summed E-state index contributed by atoms with van der Waals surface area (Å²) in [6.07, 6.45) is 0. The number of hydrogen-bond donors (Lipinski definition) is 1. The Hall–Kier alpha value is -2.87. The first-order valence-electron chi connectivity index (χ1n) is 8.15. The van der Waals surface area contributed by atoms with Gasteiger partial charge in [-0.3, -0.25) is 18.7 Å². The van der Waals surface area contributed by atoms with E-state index in [1.54, 1.807) is 25.5 Å². The maximum absolute atomic E-state index is 12.6. The molecule has 0 saturated carbocycles. The fraction of sp³-hybridized carbons (Fsp3) is 0.278. The van der Waals surface area contributed by atoms with Gasteiger partial charge in [0, 0.05) is 13.1 Å². The van der Waals surface area contributed by atoms with E-state index in [1.807, 2.05) is 24.3 Å². The lowest BCUT2D eigenvalue weighted by molar-refractivity contribution is -0.121. The number of nitrogens with one attached hydrogen (secondary N) is 1. The van der Waals surface area contributed by atoms with Crippen molar-refractivity contribution < 1.29 is 9.53 Å². The van der Waals surface area contributed by atoms with Crippen LogP contribution in [0.25, 0.3) is 10.2 Å². The molecule has 3 aromatic rings. The van der Waals surface area contributed by atoms with Gasteiger partial charge in [0.25, 0.3) is 5.56 Å². The van der Waals surface area contributed by atoms with Crippen molar-refractivity contribution >= 4 is 27.5 Å². The number of fused-ring (bicyclic) bond motifs is 1. The Kier molecular flexibility index (Phi) is 5.22. The number of carbonyl (C=O) groups excluding carboxylic acids is 1. The van der Waals surface area contributed by atoms with Gasteiger partial charge in [-0.2, -0.15) is 0 Å². The van der Waals surface area contributed by atoms with Crippen molar-refractivity contribution in [2.75, 3.05) is 7.11 Å². The van der Waals surface area contributed by atoms with Crippen LogP contribution >= 0.6 is 11.3 Å². The Morgan fingerprint density at radius 2 is 2.04 bits per heavy atom. The second-order valence-corrected chi connectivity index (χ2v) is 6.60. The molecule has 2 heterocycles. The topological polar surface area (TPSA) is 82.3 Å². The first kappa shape index (κ1) is 17.9. The van der Waals surface area contributed by atoms with Gasteiger partial charge >= 0.3 is 5.69 Å². The van der Waals surface area contributed by atoms with Gasteiger partial charge in [-0.1, -0.05) is 12.1 Å². The molecule has 0 aliphatic rings. The molecule has 3 rings (SSSR count). The molecule has 0 spiro atoms. The molecule has 0 unspecified atom stereocenters. The number of methoxy groups -OCH3 is 1. The van der Waals surface area contributed by atoms with Crippen LogP contribution in [-0.2, 0) is 24.4 Å². The largest absolute Gasteiger partial charge is 0.497 e. The van der Waals surface area contributed by atoms with Crippen LogP contribution in [-0.4, -0.2) is 22.2 Å². The van der Waals surface area contributed by atoms with Crippen molar-refractivity contribution in [1.29, 1.82) is 0 Å². The zero-order valence-corrected chi connectivity index (χ0v) is 15.3. The number of carbonyl (C=O) groups is 1. The lowest BCUT2D eigenvalue weighted by Crippen LogP contribution is -2.41. The molecule has 1 amide bonds. The number of benzene rings is 1. The number of rotatable bonds is 6. The molecular weight excluding hydrogens is 354 g/mol. The van der Waals surface area contributed by atoms with E-state index in [-0.39, 0.29) is 24.6 Å². The van der Waals surface area contributed by atoms with Gasteiger partial charge in [-0.25, -0.2) is 4.79 Å². The van der Waals surface area contributed by atoms with E-state index in [0.29, 0.717) is 22.5 Å². The molecule has 1 N–H and O–H groups in total. The minimum Gasteiger partial charge on any atom is -0.497 e. The van der Waals surface area contributed by atoms with E-state index < -0.39 is 5.69 Å². The first-order valence-corrected chi connectivity index (χ1v) is 9.03. The fourth-order valence-corrected chi connectivity index (χ4v) is 3.59. The summed E-state index contributed by atoms with van der Waals surface area (Å²) in [5.41, 5.74) is 0.603. The number of thiophene rings is 1. The van der Waals surface area contributed by atoms with Gasteiger partial charge in [0.1, 0.15) is 17.0 Å². The summed E-state index contributed by atoms with van der Waals surface area (Å²) in [6.45, 7) is 2.17. The van der Waals surface area contributed by atoms with Gasteiger partial charge in [0.2, 0.25) is 5.91 Å². The third kappa shape index (κ3) is 3.41. The van der Waals surface area contributed by atoms with Crippen LogP contribution in [0, 0.1) is 0 Å². The summed E-state index contributed by atoms with van der Waals surface area (Å²) in [7, 11) is 1.58. The lowest BCUT2D eigenvalue weighted by atomic mass is 10.2. The van der Waals surface area contributed by atoms with E-state index in [0.717, 1.165) is 10.1 Å². The number of hydrogen-bond acceptors (Lipinski definition) is 5. The predicted molar refractivity (Wildman–Crippen MR) is 101 cm³/mol. The first-order chi connectivity index (χ1) is 12.5. The van der Waals surface area contributed by atoms with Gasteiger partial charge in [0.15, 0.2) is 0 Å². The Balaban J connectivity index is 1.82. The highest BCUT2D eigenvalue weighted by molar-refractivity contribution is 7.17. The Labute approximate surface area is 153 Å². The van der Waals surface area contributed by atoms with Crippen molar-refractivity contribution in [2.24, 2.45) is 0 Å². The molecule has 0 aliphatic heterocycles. The Bertz CT molecular complexity index is 1060. The van der Waals surface area contributed by atoms with E-state index in [1.165, 1.54) is 15.9 Å². The highest BCUT2D eigenvalue weighted by Crippen LogP contribution is 2.15. The van der Waals surface area contributed by atoms with E-state index in [2.05, 4.69) is 5.32 Å². The van der Waals surface area contributed by atoms with Crippen LogP contribution in [0.2, 0.25) is 0 Å². The van der Waals surface area contributed by atoms with Crippen LogP contribution in [0.3, 0.4) is 0 Å². The second-order valence-electron chi connectivity index (χ2n) is 5.68. The monoisotopic (exact) mass is 373 g/mol. The van der Waals surface area contributed by atoms with Crippen molar-refractivity contribution in [2.45, 2.75) is 26.6 Å². The molecule has 0 aliphatic carbocycles. The third-order valence-corrected chi connectivity index (χ3v) is 4.97. The van der Waals surface area contributed by atoms with Gasteiger partial charge in [-0.05, 0) is 36.1 Å². The quantitative estimate of drug-likeness (QED) is 0.711. The third-order valence-electron chi connectivity index (χ3n) is 4.08. The molecule has 0 atom stereocenters. The van der Waals surface area contributed by atoms with Gasteiger partial charge < -0.3 is 10.1 Å². The average molecular weight is 373 g/mol. The predicted octanol–water partition coefficient (Wildman–Crippen LogP) is 1.57. The summed E-state index contributed by atoms with van der Waals surface area (Å²) in [5, 5.41) is 4.54. The fourth-order valence-electron chi connectivity index (χ4n) is 2.75. The molecule has 26 heavy (non-hydrogen) atoms. The second kappa shape index (κ2) is 7.57. The standard InChI is InChI=1S/C18H19N3O4S/c1-3-20-17(23)16-14(7-8-26-16)21(18(20)24)11-15(22)19-10-12-5-4-6-13(9-12)25-2/h4-9H,3,10-11H2,1-2H3,(H,19,22). The number of ether oxygens (including phenoxy) is 1. The van der Waals surface area contributed by atoms with E-state index in [4.69, 9.17) is 4.74 Å². The summed E-state index contributed by atoms with van der Waals surface area (Å²) >= 11 is 1.27.